The Labute approximate surface area is 151 Å². The number of hydrogen-bond donors (Lipinski definition) is 0. The summed E-state index contributed by atoms with van der Waals surface area (Å²) in [5, 5.41) is 0. The van der Waals surface area contributed by atoms with Gasteiger partial charge in [0.25, 0.3) is 0 Å². The van der Waals surface area contributed by atoms with Crippen LogP contribution in [0.15, 0.2) is 30.3 Å². The van der Waals surface area contributed by atoms with Crippen molar-refractivity contribution >= 4 is 11.8 Å². The van der Waals surface area contributed by atoms with Gasteiger partial charge in [-0.3, -0.25) is 9.59 Å². The van der Waals surface area contributed by atoms with Crippen molar-refractivity contribution in [2.45, 2.75) is 57.9 Å². The number of rotatable bonds is 4. The van der Waals surface area contributed by atoms with Crippen molar-refractivity contribution in [2.75, 3.05) is 19.6 Å². The van der Waals surface area contributed by atoms with Crippen LogP contribution >= 0.6 is 0 Å². The number of nitrogens with zero attached hydrogens (tertiary/aromatic N) is 2. The zero-order chi connectivity index (χ0) is 17.8. The molecule has 4 nitrogen and oxygen atoms in total. The van der Waals surface area contributed by atoms with Crippen molar-refractivity contribution in [2.24, 2.45) is 5.92 Å². The molecule has 2 saturated heterocycles. The number of likely N-dealkylation sites (tertiary alicyclic amines) is 2. The third-order valence-electron chi connectivity index (χ3n) is 6.00. The van der Waals surface area contributed by atoms with Gasteiger partial charge in [0.2, 0.25) is 11.8 Å². The Morgan fingerprint density at radius 3 is 2.36 bits per heavy atom. The molecular weight excluding hydrogens is 312 g/mol. The molecule has 1 aromatic carbocycles. The van der Waals surface area contributed by atoms with E-state index >= 15 is 0 Å². The second-order valence-electron chi connectivity index (χ2n) is 7.45. The highest BCUT2D eigenvalue weighted by atomic mass is 16.2. The fraction of sp³-hybridized carbons (Fsp3) is 0.619. The molecule has 0 N–H and O–H groups in total. The average Bonchev–Trinajstić information content (AvgIpc) is 3.12. The molecule has 2 atom stereocenters. The van der Waals surface area contributed by atoms with Gasteiger partial charge in [-0.25, -0.2) is 0 Å². The lowest BCUT2D eigenvalue weighted by molar-refractivity contribution is -0.141. The molecule has 136 valence electrons. The number of amides is 2. The maximum absolute atomic E-state index is 13.2. The van der Waals surface area contributed by atoms with Crippen molar-refractivity contribution in [3.05, 3.63) is 35.9 Å². The molecule has 4 heteroatoms. The van der Waals surface area contributed by atoms with Crippen LogP contribution in [0.3, 0.4) is 0 Å². The van der Waals surface area contributed by atoms with Crippen molar-refractivity contribution in [1.82, 2.24) is 9.80 Å². The van der Waals surface area contributed by atoms with Gasteiger partial charge in [-0.05, 0) is 37.7 Å². The summed E-state index contributed by atoms with van der Waals surface area (Å²) < 4.78 is 0. The molecule has 2 fully saturated rings. The van der Waals surface area contributed by atoms with Crippen LogP contribution in [0.2, 0.25) is 0 Å². The van der Waals surface area contributed by atoms with E-state index in [-0.39, 0.29) is 11.8 Å². The fourth-order valence-electron chi connectivity index (χ4n) is 4.59. The van der Waals surface area contributed by atoms with E-state index in [0.717, 1.165) is 51.7 Å². The molecule has 0 aliphatic carbocycles. The van der Waals surface area contributed by atoms with E-state index in [2.05, 4.69) is 42.2 Å². The Morgan fingerprint density at radius 1 is 1.08 bits per heavy atom. The van der Waals surface area contributed by atoms with Crippen molar-refractivity contribution in [3.8, 4) is 0 Å². The molecule has 3 rings (SSSR count). The van der Waals surface area contributed by atoms with E-state index in [1.807, 2.05) is 4.90 Å². The summed E-state index contributed by atoms with van der Waals surface area (Å²) in [6, 6.07) is 11.0. The largest absolute Gasteiger partial charge is 0.343 e. The van der Waals surface area contributed by atoms with Crippen LogP contribution in [0.1, 0.15) is 57.4 Å². The Balaban J connectivity index is 1.69. The van der Waals surface area contributed by atoms with Crippen LogP contribution in [0.5, 0.6) is 0 Å². The van der Waals surface area contributed by atoms with Crippen LogP contribution in [-0.4, -0.2) is 47.3 Å². The van der Waals surface area contributed by atoms with Gasteiger partial charge in [0, 0.05) is 44.4 Å². The summed E-state index contributed by atoms with van der Waals surface area (Å²) in [5.74, 6) is 0.953. The first kappa shape index (κ1) is 18.0. The minimum absolute atomic E-state index is 0.0875. The van der Waals surface area contributed by atoms with Crippen LogP contribution < -0.4 is 0 Å². The number of piperidine rings is 1. The van der Waals surface area contributed by atoms with Gasteiger partial charge in [-0.15, -0.1) is 0 Å². The third-order valence-corrected chi connectivity index (χ3v) is 6.00. The fourth-order valence-corrected chi connectivity index (χ4v) is 4.59. The molecule has 0 radical (unpaired) electrons. The zero-order valence-electron chi connectivity index (χ0n) is 15.5. The number of hydrogen-bond acceptors (Lipinski definition) is 2. The van der Waals surface area contributed by atoms with Crippen LogP contribution in [0.4, 0.5) is 0 Å². The first-order valence-electron chi connectivity index (χ1n) is 9.72. The van der Waals surface area contributed by atoms with Crippen molar-refractivity contribution < 1.29 is 9.59 Å². The minimum atomic E-state index is 0.0875. The maximum atomic E-state index is 13.2. The lowest BCUT2D eigenvalue weighted by atomic mass is 9.86. The predicted octanol–water partition coefficient (Wildman–Crippen LogP) is 3.43. The quantitative estimate of drug-likeness (QED) is 0.841. The van der Waals surface area contributed by atoms with Gasteiger partial charge >= 0.3 is 0 Å². The average molecular weight is 342 g/mol. The molecular formula is C21H30N2O2. The standard InChI is InChI=1S/C21H30N2O2/c1-3-19(17-8-5-4-6-9-17)20-10-7-13-23(20)21(25)18-11-14-22(15-12-18)16(2)24/h4-6,8-9,18-20H,3,7,10-15H2,1-2H3. The summed E-state index contributed by atoms with van der Waals surface area (Å²) in [6.45, 7) is 6.17. The molecule has 0 bridgehead atoms. The van der Waals surface area contributed by atoms with Crippen molar-refractivity contribution in [3.63, 3.8) is 0 Å². The second kappa shape index (κ2) is 8.03. The van der Waals surface area contributed by atoms with E-state index in [9.17, 15) is 9.59 Å². The molecule has 1 aromatic rings. The molecule has 2 aliphatic rings. The van der Waals surface area contributed by atoms with Gasteiger partial charge in [-0.1, -0.05) is 37.3 Å². The molecule has 0 saturated carbocycles. The Hall–Kier alpha value is -1.84. The molecule has 2 unspecified atom stereocenters. The lowest BCUT2D eigenvalue weighted by Gasteiger charge is -2.37. The van der Waals surface area contributed by atoms with Crippen LogP contribution in [0, 0.1) is 5.92 Å². The molecule has 0 spiro atoms. The second-order valence-corrected chi connectivity index (χ2v) is 7.45. The number of carbonyl (C=O) groups is 2. The first-order valence-corrected chi connectivity index (χ1v) is 9.72. The van der Waals surface area contributed by atoms with Gasteiger partial charge in [-0.2, -0.15) is 0 Å². The highest BCUT2D eigenvalue weighted by molar-refractivity contribution is 5.80. The topological polar surface area (TPSA) is 40.6 Å². The summed E-state index contributed by atoms with van der Waals surface area (Å²) in [6.07, 6.45) is 4.88. The predicted molar refractivity (Wildman–Crippen MR) is 99.2 cm³/mol. The van der Waals surface area contributed by atoms with Crippen LogP contribution in [0.25, 0.3) is 0 Å². The van der Waals surface area contributed by atoms with Crippen LogP contribution in [-0.2, 0) is 9.59 Å². The summed E-state index contributed by atoms with van der Waals surface area (Å²) in [4.78, 5) is 28.7. The summed E-state index contributed by atoms with van der Waals surface area (Å²) >= 11 is 0. The van der Waals surface area contributed by atoms with E-state index in [0.29, 0.717) is 17.9 Å². The smallest absolute Gasteiger partial charge is 0.226 e. The lowest BCUT2D eigenvalue weighted by Crippen LogP contribution is -2.46. The summed E-state index contributed by atoms with van der Waals surface area (Å²) in [5.41, 5.74) is 1.35. The van der Waals surface area contributed by atoms with Gasteiger partial charge in [0.05, 0.1) is 0 Å². The van der Waals surface area contributed by atoms with Gasteiger partial charge in [0.1, 0.15) is 0 Å². The zero-order valence-corrected chi connectivity index (χ0v) is 15.5. The molecule has 0 aromatic heterocycles. The van der Waals surface area contributed by atoms with E-state index in [4.69, 9.17) is 0 Å². The molecule has 25 heavy (non-hydrogen) atoms. The van der Waals surface area contributed by atoms with E-state index in [1.165, 1.54) is 5.56 Å². The normalized spacial score (nSPS) is 22.9. The minimum Gasteiger partial charge on any atom is -0.343 e. The van der Waals surface area contributed by atoms with Gasteiger partial charge in [0.15, 0.2) is 0 Å². The van der Waals surface area contributed by atoms with E-state index < -0.39 is 0 Å². The molecule has 2 aliphatic heterocycles. The molecule has 2 amide bonds. The van der Waals surface area contributed by atoms with E-state index in [1.54, 1.807) is 6.92 Å². The van der Waals surface area contributed by atoms with Crippen molar-refractivity contribution in [1.29, 1.82) is 0 Å². The first-order chi connectivity index (χ1) is 12.1. The number of carbonyl (C=O) groups excluding carboxylic acids is 2. The summed E-state index contributed by atoms with van der Waals surface area (Å²) in [7, 11) is 0. The SMILES string of the molecule is CCC(c1ccccc1)C1CCCN1C(=O)C1CCN(C(C)=O)CC1. The van der Waals surface area contributed by atoms with Gasteiger partial charge < -0.3 is 9.80 Å². The monoisotopic (exact) mass is 342 g/mol. The third kappa shape index (κ3) is 3.88. The molecule has 2 heterocycles. The Bertz CT molecular complexity index is 593. The number of benzene rings is 1. The highest BCUT2D eigenvalue weighted by Gasteiger charge is 2.38. The maximum Gasteiger partial charge on any atom is 0.226 e. The Kier molecular flexibility index (Phi) is 5.77. The Morgan fingerprint density at radius 2 is 1.76 bits per heavy atom. The highest BCUT2D eigenvalue weighted by Crippen LogP contribution is 2.35.